The summed E-state index contributed by atoms with van der Waals surface area (Å²) >= 11 is 0. The van der Waals surface area contributed by atoms with Crippen molar-refractivity contribution < 1.29 is 4.79 Å². The first-order valence-corrected chi connectivity index (χ1v) is 9.32. The molecule has 0 unspecified atom stereocenters. The van der Waals surface area contributed by atoms with Crippen molar-refractivity contribution >= 4 is 22.4 Å². The van der Waals surface area contributed by atoms with Crippen molar-refractivity contribution in [3.8, 4) is 6.07 Å². The number of rotatable bonds is 5. The number of hydrogen-bond acceptors (Lipinski definition) is 5. The summed E-state index contributed by atoms with van der Waals surface area (Å²) in [6.07, 6.45) is 3.93. The van der Waals surface area contributed by atoms with Gasteiger partial charge in [0.2, 0.25) is 5.91 Å². The predicted octanol–water partition coefficient (Wildman–Crippen LogP) is 2.89. The third-order valence-electron chi connectivity index (χ3n) is 4.61. The molecule has 0 bridgehead atoms. The molecule has 4 aromatic rings. The fraction of sp³-hybridized carbons (Fsp3) is 0.0870. The van der Waals surface area contributed by atoms with Gasteiger partial charge in [-0.3, -0.25) is 14.6 Å². The van der Waals surface area contributed by atoms with Crippen LogP contribution in [0.4, 0.5) is 5.69 Å². The second-order valence-corrected chi connectivity index (χ2v) is 6.73. The molecule has 0 saturated heterocycles. The smallest absolute Gasteiger partial charge is 0.275 e. The average Bonchev–Trinajstić information content (AvgIpc) is 2.78. The van der Waals surface area contributed by atoms with Crippen LogP contribution in [0.15, 0.2) is 77.9 Å². The lowest BCUT2D eigenvalue weighted by Crippen LogP contribution is -2.30. The first kappa shape index (κ1) is 19.0. The minimum Gasteiger partial charge on any atom is -0.324 e. The maximum Gasteiger partial charge on any atom is 0.275 e. The van der Waals surface area contributed by atoms with Crippen molar-refractivity contribution in [3.05, 3.63) is 100 Å². The maximum atomic E-state index is 12.9. The second-order valence-electron chi connectivity index (χ2n) is 6.73. The Morgan fingerprint density at radius 2 is 1.90 bits per heavy atom. The van der Waals surface area contributed by atoms with Crippen molar-refractivity contribution in [2.24, 2.45) is 0 Å². The average molecular weight is 395 g/mol. The third-order valence-corrected chi connectivity index (χ3v) is 4.61. The highest BCUT2D eigenvalue weighted by molar-refractivity contribution is 5.91. The summed E-state index contributed by atoms with van der Waals surface area (Å²) in [4.78, 5) is 29.5. The van der Waals surface area contributed by atoms with Crippen molar-refractivity contribution in [2.45, 2.75) is 13.0 Å². The Bertz CT molecular complexity index is 1320. The largest absolute Gasteiger partial charge is 0.324 e. The van der Waals surface area contributed by atoms with Gasteiger partial charge in [0.1, 0.15) is 6.54 Å². The highest BCUT2D eigenvalue weighted by Crippen LogP contribution is 2.17. The Morgan fingerprint density at radius 3 is 2.67 bits per heavy atom. The van der Waals surface area contributed by atoms with Gasteiger partial charge in [-0.05, 0) is 35.9 Å². The lowest BCUT2D eigenvalue weighted by Gasteiger charge is -2.11. The standard InChI is InChI=1S/C23H17N5O2/c24-13-16-5-3-7-18(11-16)26-22(29)15-28-23(30)20-9-2-1-8-19(20)21(27-28)12-17-6-4-10-25-14-17/h1-11,14H,12,15H2,(H,26,29). The summed E-state index contributed by atoms with van der Waals surface area (Å²) in [5, 5.41) is 17.4. The molecule has 30 heavy (non-hydrogen) atoms. The Balaban J connectivity index is 1.66. The van der Waals surface area contributed by atoms with Crippen molar-refractivity contribution in [1.82, 2.24) is 14.8 Å². The summed E-state index contributed by atoms with van der Waals surface area (Å²) in [7, 11) is 0. The zero-order chi connectivity index (χ0) is 20.9. The number of carbonyl (C=O) groups excluding carboxylic acids is 1. The van der Waals surface area contributed by atoms with Crippen LogP contribution in [0.2, 0.25) is 0 Å². The number of nitrogens with one attached hydrogen (secondary N) is 1. The van der Waals surface area contributed by atoms with Gasteiger partial charge in [0.25, 0.3) is 5.56 Å². The Hall–Kier alpha value is -4.31. The van der Waals surface area contributed by atoms with E-state index >= 15 is 0 Å². The van der Waals surface area contributed by atoms with Gasteiger partial charge >= 0.3 is 0 Å². The van der Waals surface area contributed by atoms with Gasteiger partial charge in [0, 0.05) is 29.9 Å². The van der Waals surface area contributed by atoms with E-state index in [9.17, 15) is 9.59 Å². The molecule has 2 aromatic carbocycles. The van der Waals surface area contributed by atoms with Crippen LogP contribution in [0.25, 0.3) is 10.8 Å². The van der Waals surface area contributed by atoms with E-state index in [1.165, 1.54) is 4.68 Å². The fourth-order valence-corrected chi connectivity index (χ4v) is 3.24. The van der Waals surface area contributed by atoms with Crippen LogP contribution in [0, 0.1) is 11.3 Å². The Kier molecular flexibility index (Phi) is 5.31. The fourth-order valence-electron chi connectivity index (χ4n) is 3.24. The van der Waals surface area contributed by atoms with E-state index in [4.69, 9.17) is 5.26 Å². The minimum absolute atomic E-state index is 0.236. The van der Waals surface area contributed by atoms with Gasteiger partial charge < -0.3 is 5.32 Å². The van der Waals surface area contributed by atoms with E-state index in [0.717, 1.165) is 10.9 Å². The molecule has 4 rings (SSSR count). The number of pyridine rings is 1. The maximum absolute atomic E-state index is 12.9. The number of nitriles is 1. The lowest BCUT2D eigenvalue weighted by atomic mass is 10.1. The van der Waals surface area contributed by atoms with Crippen LogP contribution in [0.5, 0.6) is 0 Å². The Morgan fingerprint density at radius 1 is 1.07 bits per heavy atom. The van der Waals surface area contributed by atoms with E-state index in [2.05, 4.69) is 15.4 Å². The first-order valence-electron chi connectivity index (χ1n) is 9.32. The molecule has 0 saturated carbocycles. The number of carbonyl (C=O) groups is 1. The number of benzene rings is 2. The molecule has 146 valence electrons. The molecular weight excluding hydrogens is 378 g/mol. The molecule has 0 spiro atoms. The SMILES string of the molecule is N#Cc1cccc(NC(=O)Cn2nc(Cc3cccnc3)c3ccccc3c2=O)c1. The highest BCUT2D eigenvalue weighted by Gasteiger charge is 2.14. The molecular formula is C23H17N5O2. The quantitative estimate of drug-likeness (QED) is 0.560. The third kappa shape index (κ3) is 4.08. The molecule has 7 heteroatoms. The summed E-state index contributed by atoms with van der Waals surface area (Å²) in [6.45, 7) is -0.236. The monoisotopic (exact) mass is 395 g/mol. The number of hydrogen-bond donors (Lipinski definition) is 1. The van der Waals surface area contributed by atoms with Gasteiger partial charge in [-0.25, -0.2) is 4.68 Å². The van der Waals surface area contributed by atoms with E-state index in [1.807, 2.05) is 30.3 Å². The van der Waals surface area contributed by atoms with Gasteiger partial charge in [-0.1, -0.05) is 30.3 Å². The van der Waals surface area contributed by atoms with Gasteiger partial charge in [0.05, 0.1) is 22.7 Å². The number of fused-ring (bicyclic) bond motifs is 1. The zero-order valence-corrected chi connectivity index (χ0v) is 15.9. The summed E-state index contributed by atoms with van der Waals surface area (Å²) < 4.78 is 1.18. The number of aromatic nitrogens is 3. The highest BCUT2D eigenvalue weighted by atomic mass is 16.2. The van der Waals surface area contributed by atoms with E-state index in [0.29, 0.717) is 28.8 Å². The molecule has 0 fully saturated rings. The molecule has 2 heterocycles. The number of anilines is 1. The molecule has 0 aliphatic heterocycles. The minimum atomic E-state index is -0.401. The second kappa shape index (κ2) is 8.37. The molecule has 1 N–H and O–H groups in total. The molecule has 0 aliphatic rings. The predicted molar refractivity (Wildman–Crippen MR) is 113 cm³/mol. The summed E-state index contributed by atoms with van der Waals surface area (Å²) in [5.74, 6) is -0.401. The van der Waals surface area contributed by atoms with Gasteiger partial charge in [-0.2, -0.15) is 10.4 Å². The first-order chi connectivity index (χ1) is 14.6. The van der Waals surface area contributed by atoms with Gasteiger partial charge in [0.15, 0.2) is 0 Å². The normalized spacial score (nSPS) is 10.5. The van der Waals surface area contributed by atoms with Crippen molar-refractivity contribution in [1.29, 1.82) is 5.26 Å². The molecule has 0 aliphatic carbocycles. The number of nitrogens with zero attached hydrogens (tertiary/aromatic N) is 4. The zero-order valence-electron chi connectivity index (χ0n) is 15.9. The van der Waals surface area contributed by atoms with Crippen LogP contribution >= 0.6 is 0 Å². The summed E-state index contributed by atoms with van der Waals surface area (Å²) in [5.41, 5.74) is 2.24. The summed E-state index contributed by atoms with van der Waals surface area (Å²) in [6, 6.07) is 19.6. The van der Waals surface area contributed by atoms with E-state index in [-0.39, 0.29) is 12.1 Å². The van der Waals surface area contributed by atoms with Crippen LogP contribution < -0.4 is 10.9 Å². The number of amides is 1. The van der Waals surface area contributed by atoms with Crippen LogP contribution in [-0.2, 0) is 17.8 Å². The van der Waals surface area contributed by atoms with Gasteiger partial charge in [-0.15, -0.1) is 0 Å². The lowest BCUT2D eigenvalue weighted by molar-refractivity contribution is -0.117. The van der Waals surface area contributed by atoms with Crippen molar-refractivity contribution in [3.63, 3.8) is 0 Å². The topological polar surface area (TPSA) is 101 Å². The molecule has 2 aromatic heterocycles. The van der Waals surface area contributed by atoms with E-state index in [1.54, 1.807) is 48.8 Å². The van der Waals surface area contributed by atoms with Crippen LogP contribution in [0.1, 0.15) is 16.8 Å². The molecule has 0 radical (unpaired) electrons. The Labute approximate surface area is 172 Å². The van der Waals surface area contributed by atoms with E-state index < -0.39 is 5.91 Å². The van der Waals surface area contributed by atoms with Crippen LogP contribution in [0.3, 0.4) is 0 Å². The molecule has 1 amide bonds. The molecule has 0 atom stereocenters. The van der Waals surface area contributed by atoms with Crippen molar-refractivity contribution in [2.75, 3.05) is 5.32 Å². The van der Waals surface area contributed by atoms with Crippen LogP contribution in [-0.4, -0.2) is 20.7 Å². The molecule has 7 nitrogen and oxygen atoms in total.